The Labute approximate surface area is 93.7 Å². The van der Waals surface area contributed by atoms with E-state index in [4.69, 9.17) is 5.73 Å². The van der Waals surface area contributed by atoms with E-state index >= 15 is 0 Å². The highest BCUT2D eigenvalue weighted by atomic mass is 16.3. The number of carbonyl (C=O) groups excluding carboxylic acids is 1. The Hall–Kier alpha value is -1.55. The molecule has 1 amide bonds. The minimum Gasteiger partial charge on any atom is -0.508 e. The smallest absolute Gasteiger partial charge is 0.224 e. The maximum atomic E-state index is 11.7. The zero-order valence-electron chi connectivity index (χ0n) is 8.89. The van der Waals surface area contributed by atoms with Crippen LogP contribution in [0.5, 0.6) is 5.75 Å². The van der Waals surface area contributed by atoms with Crippen LogP contribution in [0.3, 0.4) is 0 Å². The van der Waals surface area contributed by atoms with E-state index in [-0.39, 0.29) is 23.7 Å². The van der Waals surface area contributed by atoms with E-state index < -0.39 is 0 Å². The molecule has 2 atom stereocenters. The Kier molecular flexibility index (Phi) is 1.94. The second-order valence-corrected chi connectivity index (χ2v) is 4.50. The van der Waals surface area contributed by atoms with Crippen molar-refractivity contribution in [1.82, 2.24) is 4.90 Å². The van der Waals surface area contributed by atoms with Gasteiger partial charge in [0, 0.05) is 24.6 Å². The normalized spacial score (nSPS) is 27.8. The molecule has 3 N–H and O–H groups in total. The van der Waals surface area contributed by atoms with Crippen LogP contribution >= 0.6 is 0 Å². The van der Waals surface area contributed by atoms with Gasteiger partial charge in [-0.2, -0.15) is 0 Å². The average Bonchev–Trinajstić information content (AvgIpc) is 2.55. The molecule has 1 aromatic rings. The van der Waals surface area contributed by atoms with Gasteiger partial charge in [-0.05, 0) is 18.1 Å². The fraction of sp³-hybridized carbons (Fsp3) is 0.417. The van der Waals surface area contributed by atoms with E-state index in [0.717, 1.165) is 17.5 Å². The van der Waals surface area contributed by atoms with E-state index in [1.807, 2.05) is 12.1 Å². The summed E-state index contributed by atoms with van der Waals surface area (Å²) in [4.78, 5) is 13.5. The summed E-state index contributed by atoms with van der Waals surface area (Å²) < 4.78 is 0. The van der Waals surface area contributed by atoms with Gasteiger partial charge in [0.25, 0.3) is 0 Å². The minimum absolute atomic E-state index is 0.103. The summed E-state index contributed by atoms with van der Waals surface area (Å²) in [5, 5.41) is 9.91. The number of nitrogens with two attached hydrogens (primary N) is 1. The van der Waals surface area contributed by atoms with Crippen LogP contribution in [-0.4, -0.2) is 28.5 Å². The van der Waals surface area contributed by atoms with Crippen molar-refractivity contribution in [2.24, 2.45) is 5.73 Å². The molecule has 1 saturated heterocycles. The molecule has 0 spiro atoms. The van der Waals surface area contributed by atoms with Gasteiger partial charge in [0.1, 0.15) is 5.75 Å². The van der Waals surface area contributed by atoms with Gasteiger partial charge in [-0.25, -0.2) is 0 Å². The molecule has 0 radical (unpaired) electrons. The molecule has 0 aromatic heterocycles. The number of amides is 1. The Balaban J connectivity index is 2.15. The molecular weight excluding hydrogens is 204 g/mol. The lowest BCUT2D eigenvalue weighted by Gasteiger charge is -2.34. The third kappa shape index (κ3) is 1.16. The van der Waals surface area contributed by atoms with Gasteiger partial charge in [0.05, 0.1) is 6.04 Å². The number of phenolic OH excluding ortho intramolecular Hbond substituents is 1. The largest absolute Gasteiger partial charge is 0.508 e. The lowest BCUT2D eigenvalue weighted by atomic mass is 9.90. The monoisotopic (exact) mass is 218 g/mol. The topological polar surface area (TPSA) is 66.6 Å². The van der Waals surface area contributed by atoms with Crippen molar-refractivity contribution >= 4 is 5.91 Å². The highest BCUT2D eigenvalue weighted by molar-refractivity contribution is 5.81. The fourth-order valence-corrected chi connectivity index (χ4v) is 2.85. The SMILES string of the molecule is NC1CC(=O)N2CCc3cccc(O)c3C12. The van der Waals surface area contributed by atoms with Crippen molar-refractivity contribution < 1.29 is 9.90 Å². The van der Waals surface area contributed by atoms with Crippen LogP contribution in [0.2, 0.25) is 0 Å². The van der Waals surface area contributed by atoms with Crippen LogP contribution < -0.4 is 5.73 Å². The molecule has 4 heteroatoms. The molecule has 2 aliphatic heterocycles. The molecule has 4 nitrogen and oxygen atoms in total. The van der Waals surface area contributed by atoms with Crippen LogP contribution in [0.1, 0.15) is 23.6 Å². The Morgan fingerprint density at radius 3 is 3.06 bits per heavy atom. The predicted molar refractivity (Wildman–Crippen MR) is 58.9 cm³/mol. The van der Waals surface area contributed by atoms with Crippen molar-refractivity contribution in [1.29, 1.82) is 0 Å². The zero-order chi connectivity index (χ0) is 11.3. The number of phenols is 1. The summed E-state index contributed by atoms with van der Waals surface area (Å²) in [6, 6.07) is 5.18. The van der Waals surface area contributed by atoms with Gasteiger partial charge in [-0.3, -0.25) is 4.79 Å². The summed E-state index contributed by atoms with van der Waals surface area (Å²) in [5.74, 6) is 0.365. The Bertz CT molecular complexity index is 458. The van der Waals surface area contributed by atoms with Crippen molar-refractivity contribution in [2.45, 2.75) is 24.9 Å². The first-order valence-electron chi connectivity index (χ1n) is 5.54. The van der Waals surface area contributed by atoms with Crippen LogP contribution in [0.4, 0.5) is 0 Å². The second kappa shape index (κ2) is 3.22. The lowest BCUT2D eigenvalue weighted by Crippen LogP contribution is -2.38. The Morgan fingerprint density at radius 1 is 1.44 bits per heavy atom. The minimum atomic E-state index is -0.195. The van der Waals surface area contributed by atoms with Crippen molar-refractivity contribution in [3.05, 3.63) is 29.3 Å². The number of rotatable bonds is 0. The standard InChI is InChI=1S/C12H14N2O2/c13-8-6-10(16)14-5-4-7-2-1-3-9(15)11(7)12(8)14/h1-3,8,12,15H,4-6,13H2. The van der Waals surface area contributed by atoms with E-state index in [1.54, 1.807) is 11.0 Å². The molecule has 2 aliphatic rings. The summed E-state index contributed by atoms with van der Waals surface area (Å²) in [6.45, 7) is 0.716. The van der Waals surface area contributed by atoms with E-state index in [0.29, 0.717) is 13.0 Å². The summed E-state index contributed by atoms with van der Waals surface area (Å²) >= 11 is 0. The highest BCUT2D eigenvalue weighted by Gasteiger charge is 2.42. The van der Waals surface area contributed by atoms with Gasteiger partial charge in [0.15, 0.2) is 0 Å². The highest BCUT2D eigenvalue weighted by Crippen LogP contribution is 2.41. The maximum absolute atomic E-state index is 11.7. The number of hydrogen-bond donors (Lipinski definition) is 2. The number of fused-ring (bicyclic) bond motifs is 3. The first kappa shape index (κ1) is 9.66. The van der Waals surface area contributed by atoms with Gasteiger partial charge < -0.3 is 15.7 Å². The molecule has 16 heavy (non-hydrogen) atoms. The van der Waals surface area contributed by atoms with E-state index in [9.17, 15) is 9.90 Å². The number of aromatic hydroxyl groups is 1. The summed E-state index contributed by atoms with van der Waals surface area (Å²) in [5.41, 5.74) is 7.96. The van der Waals surface area contributed by atoms with E-state index in [1.165, 1.54) is 0 Å². The lowest BCUT2D eigenvalue weighted by molar-refractivity contribution is -0.129. The molecule has 84 valence electrons. The maximum Gasteiger partial charge on any atom is 0.224 e. The second-order valence-electron chi connectivity index (χ2n) is 4.50. The molecule has 1 fully saturated rings. The molecular formula is C12H14N2O2. The third-order valence-electron chi connectivity index (χ3n) is 3.56. The Morgan fingerprint density at radius 2 is 2.25 bits per heavy atom. The zero-order valence-corrected chi connectivity index (χ0v) is 8.89. The number of hydrogen-bond acceptors (Lipinski definition) is 3. The molecule has 0 aliphatic carbocycles. The molecule has 0 saturated carbocycles. The molecule has 3 rings (SSSR count). The van der Waals surface area contributed by atoms with Gasteiger partial charge in [0.2, 0.25) is 5.91 Å². The molecule has 2 heterocycles. The van der Waals surface area contributed by atoms with Crippen LogP contribution in [0.25, 0.3) is 0 Å². The molecule has 1 aromatic carbocycles. The summed E-state index contributed by atoms with van der Waals surface area (Å²) in [6.07, 6.45) is 1.19. The van der Waals surface area contributed by atoms with Crippen molar-refractivity contribution in [3.8, 4) is 5.75 Å². The van der Waals surface area contributed by atoms with Crippen molar-refractivity contribution in [2.75, 3.05) is 6.54 Å². The molecule has 0 bridgehead atoms. The quantitative estimate of drug-likeness (QED) is 0.668. The third-order valence-corrected chi connectivity index (χ3v) is 3.56. The number of carbonyl (C=O) groups is 1. The van der Waals surface area contributed by atoms with Gasteiger partial charge in [-0.1, -0.05) is 12.1 Å². The number of nitrogens with zero attached hydrogens (tertiary/aromatic N) is 1. The van der Waals surface area contributed by atoms with Gasteiger partial charge >= 0.3 is 0 Å². The van der Waals surface area contributed by atoms with E-state index in [2.05, 4.69) is 0 Å². The van der Waals surface area contributed by atoms with Crippen LogP contribution in [-0.2, 0) is 11.2 Å². The van der Waals surface area contributed by atoms with Gasteiger partial charge in [-0.15, -0.1) is 0 Å². The first-order valence-corrected chi connectivity index (χ1v) is 5.54. The average molecular weight is 218 g/mol. The first-order chi connectivity index (χ1) is 7.68. The van der Waals surface area contributed by atoms with Crippen molar-refractivity contribution in [3.63, 3.8) is 0 Å². The predicted octanol–water partition coefficient (Wildman–Crippen LogP) is 0.549. The number of benzene rings is 1. The van der Waals surface area contributed by atoms with Crippen LogP contribution in [0, 0.1) is 0 Å². The summed E-state index contributed by atoms with van der Waals surface area (Å²) in [7, 11) is 0. The molecule has 2 unspecified atom stereocenters. The fourth-order valence-electron chi connectivity index (χ4n) is 2.85. The van der Waals surface area contributed by atoms with Crippen LogP contribution in [0.15, 0.2) is 18.2 Å².